The van der Waals surface area contributed by atoms with Gasteiger partial charge in [0.25, 0.3) is 0 Å². The normalized spacial score (nSPS) is 10.7. The van der Waals surface area contributed by atoms with Crippen molar-refractivity contribution in [2.45, 2.75) is 9.79 Å². The predicted octanol–water partition coefficient (Wildman–Crippen LogP) is 4.00. The van der Waals surface area contributed by atoms with Gasteiger partial charge in [-0.1, -0.05) is 36.0 Å². The molecule has 0 aliphatic heterocycles. The Bertz CT molecular complexity index is 836. The van der Waals surface area contributed by atoms with Crippen LogP contribution in [0.4, 0.5) is 5.69 Å². The number of hydrogen-bond acceptors (Lipinski definition) is 5. The number of phenolic OH excluding ortho intramolecular Hbond substituents is 1. The van der Waals surface area contributed by atoms with E-state index >= 15 is 0 Å². The fourth-order valence-electron chi connectivity index (χ4n) is 2.06. The molecule has 0 unspecified atom stereocenters. The number of aromatic nitrogens is 1. The molecule has 6 heteroatoms. The second-order valence-electron chi connectivity index (χ2n) is 4.33. The van der Waals surface area contributed by atoms with Gasteiger partial charge in [0.1, 0.15) is 11.9 Å². The van der Waals surface area contributed by atoms with Crippen LogP contribution < -0.4 is 0 Å². The van der Waals surface area contributed by atoms with E-state index in [1.807, 2.05) is 24.3 Å². The third-order valence-corrected chi connectivity index (χ3v) is 4.18. The molecule has 1 N–H and O–H groups in total. The molecule has 3 rings (SSSR count). The van der Waals surface area contributed by atoms with E-state index in [0.29, 0.717) is 4.90 Å². The van der Waals surface area contributed by atoms with Crippen LogP contribution in [0.15, 0.2) is 64.6 Å². The van der Waals surface area contributed by atoms with Crippen molar-refractivity contribution in [3.05, 3.63) is 65.0 Å². The standard InChI is InChI=1S/C15H10N2O3S/c18-13-5-6-14(11-4-2-1-3-10(11)13)21-15-7-8-16-9-12(15)17(19)20/h1-9,18H. The monoisotopic (exact) mass is 298 g/mol. The Morgan fingerprint density at radius 3 is 2.57 bits per heavy atom. The highest BCUT2D eigenvalue weighted by molar-refractivity contribution is 7.99. The summed E-state index contributed by atoms with van der Waals surface area (Å²) < 4.78 is 0. The summed E-state index contributed by atoms with van der Waals surface area (Å²) in [5.74, 6) is 0.194. The maximum atomic E-state index is 11.0. The maximum absolute atomic E-state index is 11.0. The summed E-state index contributed by atoms with van der Waals surface area (Å²) >= 11 is 1.29. The molecule has 104 valence electrons. The lowest BCUT2D eigenvalue weighted by molar-refractivity contribution is -0.388. The van der Waals surface area contributed by atoms with Gasteiger partial charge >= 0.3 is 5.69 Å². The molecule has 0 fully saturated rings. The lowest BCUT2D eigenvalue weighted by Crippen LogP contribution is -1.91. The Hall–Kier alpha value is -2.60. The highest BCUT2D eigenvalue weighted by Crippen LogP contribution is 2.39. The van der Waals surface area contributed by atoms with Crippen molar-refractivity contribution in [3.8, 4) is 5.75 Å². The number of hydrogen-bond donors (Lipinski definition) is 1. The molecule has 21 heavy (non-hydrogen) atoms. The summed E-state index contributed by atoms with van der Waals surface area (Å²) in [5, 5.41) is 22.5. The van der Waals surface area contributed by atoms with E-state index in [4.69, 9.17) is 0 Å². The van der Waals surface area contributed by atoms with Crippen molar-refractivity contribution >= 4 is 28.2 Å². The highest BCUT2D eigenvalue weighted by atomic mass is 32.2. The number of benzene rings is 2. The van der Waals surface area contributed by atoms with E-state index in [0.717, 1.165) is 15.7 Å². The Kier molecular flexibility index (Phi) is 3.45. The molecule has 0 radical (unpaired) electrons. The lowest BCUT2D eigenvalue weighted by atomic mass is 10.1. The number of rotatable bonds is 3. The van der Waals surface area contributed by atoms with Crippen molar-refractivity contribution in [1.82, 2.24) is 4.98 Å². The first-order valence-corrected chi connectivity index (χ1v) is 6.95. The fraction of sp³-hybridized carbons (Fsp3) is 0. The van der Waals surface area contributed by atoms with Crippen LogP contribution in [-0.2, 0) is 0 Å². The third-order valence-electron chi connectivity index (χ3n) is 3.04. The van der Waals surface area contributed by atoms with Crippen molar-refractivity contribution in [2.24, 2.45) is 0 Å². The van der Waals surface area contributed by atoms with Crippen LogP contribution in [0.3, 0.4) is 0 Å². The Labute approximate surface area is 124 Å². The molecule has 2 aromatic carbocycles. The molecule has 0 spiro atoms. The van der Waals surface area contributed by atoms with Gasteiger partial charge in [-0.15, -0.1) is 0 Å². The van der Waals surface area contributed by atoms with E-state index in [1.165, 1.54) is 24.2 Å². The largest absolute Gasteiger partial charge is 0.507 e. The van der Waals surface area contributed by atoms with E-state index in [2.05, 4.69) is 4.98 Å². The summed E-state index contributed by atoms with van der Waals surface area (Å²) in [5.41, 5.74) is -0.0281. The zero-order valence-corrected chi connectivity index (χ0v) is 11.6. The summed E-state index contributed by atoms with van der Waals surface area (Å²) in [6.07, 6.45) is 2.77. The molecule has 0 saturated heterocycles. The molecule has 3 aromatic rings. The van der Waals surface area contributed by atoms with E-state index < -0.39 is 4.92 Å². The molecule has 5 nitrogen and oxygen atoms in total. The molecule has 0 amide bonds. The molecular formula is C15H10N2O3S. The van der Waals surface area contributed by atoms with Crippen LogP contribution in [0.1, 0.15) is 0 Å². The molecule has 0 bridgehead atoms. The number of aromatic hydroxyl groups is 1. The summed E-state index contributed by atoms with van der Waals surface area (Å²) in [4.78, 5) is 15.7. The van der Waals surface area contributed by atoms with Crippen LogP contribution >= 0.6 is 11.8 Å². The number of nitro groups is 1. The molecule has 1 heterocycles. The van der Waals surface area contributed by atoms with Gasteiger partial charge < -0.3 is 5.11 Å². The molecular weight excluding hydrogens is 288 g/mol. The SMILES string of the molecule is O=[N+]([O-])c1cnccc1Sc1ccc(O)c2ccccc12. The van der Waals surface area contributed by atoms with Crippen LogP contribution in [0.2, 0.25) is 0 Å². The average Bonchev–Trinajstić information content (AvgIpc) is 2.51. The van der Waals surface area contributed by atoms with E-state index in [9.17, 15) is 15.2 Å². The first-order valence-electron chi connectivity index (χ1n) is 6.14. The van der Waals surface area contributed by atoms with Crippen LogP contribution in [0.25, 0.3) is 10.8 Å². The van der Waals surface area contributed by atoms with Crippen LogP contribution in [0.5, 0.6) is 5.75 Å². The first-order chi connectivity index (χ1) is 10.2. The van der Waals surface area contributed by atoms with Crippen molar-refractivity contribution < 1.29 is 10.0 Å². The van der Waals surface area contributed by atoms with Gasteiger partial charge in [-0.3, -0.25) is 15.1 Å². The Morgan fingerprint density at radius 1 is 1.05 bits per heavy atom. The highest BCUT2D eigenvalue weighted by Gasteiger charge is 2.16. The van der Waals surface area contributed by atoms with Gasteiger partial charge in [-0.2, -0.15) is 0 Å². The number of phenols is 1. The molecule has 0 saturated carbocycles. The smallest absolute Gasteiger partial charge is 0.301 e. The second-order valence-corrected chi connectivity index (χ2v) is 5.41. The summed E-state index contributed by atoms with van der Waals surface area (Å²) in [7, 11) is 0. The number of pyridine rings is 1. The van der Waals surface area contributed by atoms with Crippen molar-refractivity contribution in [2.75, 3.05) is 0 Å². The minimum absolute atomic E-state index is 0.0281. The molecule has 0 aliphatic rings. The maximum Gasteiger partial charge on any atom is 0.301 e. The lowest BCUT2D eigenvalue weighted by Gasteiger charge is -2.08. The molecule has 1 aromatic heterocycles. The number of fused-ring (bicyclic) bond motifs is 1. The van der Waals surface area contributed by atoms with Crippen molar-refractivity contribution in [1.29, 1.82) is 0 Å². The van der Waals surface area contributed by atoms with Crippen molar-refractivity contribution in [3.63, 3.8) is 0 Å². The van der Waals surface area contributed by atoms with Gasteiger partial charge in [0.2, 0.25) is 0 Å². The quantitative estimate of drug-likeness (QED) is 0.584. The Balaban J connectivity index is 2.11. The van der Waals surface area contributed by atoms with E-state index in [-0.39, 0.29) is 11.4 Å². The summed E-state index contributed by atoms with van der Waals surface area (Å²) in [6, 6.07) is 12.4. The Morgan fingerprint density at radius 2 is 1.81 bits per heavy atom. The van der Waals surface area contributed by atoms with Gasteiger partial charge in [0, 0.05) is 16.5 Å². The van der Waals surface area contributed by atoms with Crippen LogP contribution in [-0.4, -0.2) is 15.0 Å². The minimum Gasteiger partial charge on any atom is -0.507 e. The second kappa shape index (κ2) is 5.41. The zero-order chi connectivity index (χ0) is 14.8. The average molecular weight is 298 g/mol. The van der Waals surface area contributed by atoms with Crippen LogP contribution in [0, 0.1) is 10.1 Å². The topological polar surface area (TPSA) is 76.3 Å². The third kappa shape index (κ3) is 2.53. The fourth-order valence-corrected chi connectivity index (χ4v) is 3.08. The first kappa shape index (κ1) is 13.4. The van der Waals surface area contributed by atoms with Gasteiger partial charge in [-0.05, 0) is 23.6 Å². The summed E-state index contributed by atoms with van der Waals surface area (Å²) in [6.45, 7) is 0. The van der Waals surface area contributed by atoms with E-state index in [1.54, 1.807) is 18.2 Å². The number of nitrogens with zero attached hydrogens (tertiary/aromatic N) is 2. The molecule has 0 aliphatic carbocycles. The predicted molar refractivity (Wildman–Crippen MR) is 80.6 cm³/mol. The van der Waals surface area contributed by atoms with Gasteiger partial charge in [0.05, 0.1) is 9.82 Å². The minimum atomic E-state index is -0.446. The molecule has 0 atom stereocenters. The van der Waals surface area contributed by atoms with Gasteiger partial charge in [0.15, 0.2) is 0 Å². The van der Waals surface area contributed by atoms with Gasteiger partial charge in [-0.25, -0.2) is 0 Å². The zero-order valence-electron chi connectivity index (χ0n) is 10.8.